The average molecular weight is 256 g/mol. The Morgan fingerprint density at radius 1 is 1.11 bits per heavy atom. The first-order valence-electron chi connectivity index (χ1n) is 7.30. The molecule has 0 saturated carbocycles. The Kier molecular flexibility index (Phi) is 7.15. The molecule has 0 aromatic rings. The Hall–Kier alpha value is -0.160. The van der Waals surface area contributed by atoms with Crippen molar-refractivity contribution >= 4 is 0 Å². The third-order valence-corrected chi connectivity index (χ3v) is 4.20. The van der Waals surface area contributed by atoms with Crippen molar-refractivity contribution < 1.29 is 0 Å². The molecule has 4 heteroatoms. The van der Waals surface area contributed by atoms with Crippen molar-refractivity contribution in [2.45, 2.75) is 19.9 Å². The molecular formula is C14H32N4. The molecule has 1 rings (SSSR count). The molecule has 1 aliphatic rings. The molecule has 0 bridgehead atoms. The second kappa shape index (κ2) is 8.10. The maximum atomic E-state index is 3.29. The van der Waals surface area contributed by atoms with Crippen LogP contribution in [0.2, 0.25) is 0 Å². The van der Waals surface area contributed by atoms with Gasteiger partial charge in [0, 0.05) is 45.3 Å². The van der Waals surface area contributed by atoms with Crippen LogP contribution in [0.3, 0.4) is 0 Å². The number of nitrogens with zero attached hydrogens (tertiary/aromatic N) is 3. The summed E-state index contributed by atoms with van der Waals surface area (Å²) >= 11 is 0. The minimum atomic E-state index is 0.688. The Bertz CT molecular complexity index is 212. The summed E-state index contributed by atoms with van der Waals surface area (Å²) < 4.78 is 0. The zero-order valence-electron chi connectivity index (χ0n) is 12.9. The van der Waals surface area contributed by atoms with Crippen molar-refractivity contribution in [2.75, 3.05) is 67.0 Å². The predicted octanol–water partition coefficient (Wildman–Crippen LogP) is 0.410. The maximum absolute atomic E-state index is 3.29. The lowest BCUT2D eigenvalue weighted by molar-refractivity contribution is 0.0776. The quantitative estimate of drug-likeness (QED) is 0.712. The fourth-order valence-electron chi connectivity index (χ4n) is 2.59. The van der Waals surface area contributed by atoms with Gasteiger partial charge in [-0.1, -0.05) is 6.92 Å². The van der Waals surface area contributed by atoms with Gasteiger partial charge in [-0.05, 0) is 40.5 Å². The second-order valence-electron chi connectivity index (χ2n) is 5.96. The van der Waals surface area contributed by atoms with Crippen LogP contribution in [-0.2, 0) is 0 Å². The largest absolute Gasteiger partial charge is 0.319 e. The van der Waals surface area contributed by atoms with Crippen molar-refractivity contribution in [2.24, 2.45) is 5.92 Å². The van der Waals surface area contributed by atoms with Gasteiger partial charge in [0.25, 0.3) is 0 Å². The first-order chi connectivity index (χ1) is 8.54. The van der Waals surface area contributed by atoms with Crippen LogP contribution in [0.4, 0.5) is 0 Å². The van der Waals surface area contributed by atoms with Gasteiger partial charge in [-0.2, -0.15) is 0 Å². The zero-order valence-corrected chi connectivity index (χ0v) is 12.9. The summed E-state index contributed by atoms with van der Waals surface area (Å²) in [5.74, 6) is 0.725. The van der Waals surface area contributed by atoms with Crippen LogP contribution in [-0.4, -0.2) is 87.7 Å². The third-order valence-electron chi connectivity index (χ3n) is 4.20. The van der Waals surface area contributed by atoms with E-state index in [1.54, 1.807) is 0 Å². The van der Waals surface area contributed by atoms with Crippen molar-refractivity contribution in [3.8, 4) is 0 Å². The van der Waals surface area contributed by atoms with E-state index in [1.807, 2.05) is 7.05 Å². The van der Waals surface area contributed by atoms with E-state index in [1.165, 1.54) is 39.3 Å². The molecule has 4 nitrogen and oxygen atoms in total. The highest BCUT2D eigenvalue weighted by molar-refractivity contribution is 4.80. The molecule has 2 atom stereocenters. The SMILES string of the molecule is CNCC(C)C(C)N1CCN(CCN(C)C)CC1. The van der Waals surface area contributed by atoms with Crippen LogP contribution < -0.4 is 5.32 Å². The van der Waals surface area contributed by atoms with Gasteiger partial charge in [0.2, 0.25) is 0 Å². The van der Waals surface area contributed by atoms with Gasteiger partial charge in [-0.25, -0.2) is 0 Å². The number of likely N-dealkylation sites (N-methyl/N-ethyl adjacent to an activating group) is 1. The van der Waals surface area contributed by atoms with Crippen LogP contribution in [0.15, 0.2) is 0 Å². The topological polar surface area (TPSA) is 21.8 Å². The van der Waals surface area contributed by atoms with E-state index in [0.29, 0.717) is 6.04 Å². The highest BCUT2D eigenvalue weighted by atomic mass is 15.3. The number of rotatable bonds is 7. The summed E-state index contributed by atoms with van der Waals surface area (Å²) in [6.07, 6.45) is 0. The highest BCUT2D eigenvalue weighted by Gasteiger charge is 2.23. The number of hydrogen-bond acceptors (Lipinski definition) is 4. The number of hydrogen-bond donors (Lipinski definition) is 1. The van der Waals surface area contributed by atoms with E-state index in [-0.39, 0.29) is 0 Å². The van der Waals surface area contributed by atoms with Crippen molar-refractivity contribution in [3.05, 3.63) is 0 Å². The van der Waals surface area contributed by atoms with Gasteiger partial charge in [0.1, 0.15) is 0 Å². The molecule has 0 amide bonds. The van der Waals surface area contributed by atoms with E-state index < -0.39 is 0 Å². The van der Waals surface area contributed by atoms with E-state index in [4.69, 9.17) is 0 Å². The molecule has 1 heterocycles. The van der Waals surface area contributed by atoms with Gasteiger partial charge >= 0.3 is 0 Å². The molecule has 1 aliphatic heterocycles. The lowest BCUT2D eigenvalue weighted by atomic mass is 10.0. The summed E-state index contributed by atoms with van der Waals surface area (Å²) in [6, 6.07) is 0.688. The van der Waals surface area contributed by atoms with Gasteiger partial charge in [-0.3, -0.25) is 9.80 Å². The molecule has 0 aromatic heterocycles. The summed E-state index contributed by atoms with van der Waals surface area (Å²) in [4.78, 5) is 7.50. The summed E-state index contributed by atoms with van der Waals surface area (Å²) in [5, 5.41) is 3.29. The van der Waals surface area contributed by atoms with Crippen LogP contribution in [0.25, 0.3) is 0 Å². The second-order valence-corrected chi connectivity index (χ2v) is 5.96. The molecule has 0 radical (unpaired) electrons. The lowest BCUT2D eigenvalue weighted by Gasteiger charge is -2.40. The normalized spacial score (nSPS) is 22.3. The van der Waals surface area contributed by atoms with Crippen LogP contribution >= 0.6 is 0 Å². The van der Waals surface area contributed by atoms with Gasteiger partial charge < -0.3 is 10.2 Å². The van der Waals surface area contributed by atoms with E-state index >= 15 is 0 Å². The summed E-state index contributed by atoms with van der Waals surface area (Å²) in [6.45, 7) is 13.1. The standard InChI is InChI=1S/C14H32N4/c1-13(12-15-3)14(2)18-10-8-17(9-11-18)7-6-16(4)5/h13-15H,6-12H2,1-5H3. The predicted molar refractivity (Wildman–Crippen MR) is 79.1 cm³/mol. The average Bonchev–Trinajstić information content (AvgIpc) is 2.36. The van der Waals surface area contributed by atoms with Crippen molar-refractivity contribution in [1.29, 1.82) is 0 Å². The Labute approximate surface area is 113 Å². The number of piperazine rings is 1. The van der Waals surface area contributed by atoms with Crippen LogP contribution in [0, 0.1) is 5.92 Å². The van der Waals surface area contributed by atoms with Gasteiger partial charge in [0.15, 0.2) is 0 Å². The molecule has 0 spiro atoms. The molecule has 0 aromatic carbocycles. The fourth-order valence-corrected chi connectivity index (χ4v) is 2.59. The smallest absolute Gasteiger partial charge is 0.0113 e. The zero-order chi connectivity index (χ0) is 13.5. The molecule has 1 saturated heterocycles. The monoisotopic (exact) mass is 256 g/mol. The minimum Gasteiger partial charge on any atom is -0.319 e. The molecule has 18 heavy (non-hydrogen) atoms. The molecule has 108 valence electrons. The molecule has 1 N–H and O–H groups in total. The first-order valence-corrected chi connectivity index (χ1v) is 7.30. The Morgan fingerprint density at radius 3 is 2.22 bits per heavy atom. The van der Waals surface area contributed by atoms with Crippen LogP contribution in [0.5, 0.6) is 0 Å². The van der Waals surface area contributed by atoms with Gasteiger partial charge in [0.05, 0.1) is 0 Å². The van der Waals surface area contributed by atoms with E-state index in [0.717, 1.165) is 12.5 Å². The van der Waals surface area contributed by atoms with Crippen LogP contribution in [0.1, 0.15) is 13.8 Å². The Balaban J connectivity index is 2.25. The van der Waals surface area contributed by atoms with Gasteiger partial charge in [-0.15, -0.1) is 0 Å². The first kappa shape index (κ1) is 15.9. The highest BCUT2D eigenvalue weighted by Crippen LogP contribution is 2.13. The summed E-state index contributed by atoms with van der Waals surface area (Å²) in [7, 11) is 6.35. The minimum absolute atomic E-state index is 0.688. The number of nitrogens with one attached hydrogen (secondary N) is 1. The molecular weight excluding hydrogens is 224 g/mol. The fraction of sp³-hybridized carbons (Fsp3) is 1.00. The third kappa shape index (κ3) is 5.22. The molecule has 1 fully saturated rings. The van der Waals surface area contributed by atoms with Crippen molar-refractivity contribution in [1.82, 2.24) is 20.0 Å². The molecule has 2 unspecified atom stereocenters. The summed E-state index contributed by atoms with van der Waals surface area (Å²) in [5.41, 5.74) is 0. The maximum Gasteiger partial charge on any atom is 0.0113 e. The Morgan fingerprint density at radius 2 is 1.72 bits per heavy atom. The van der Waals surface area contributed by atoms with E-state index in [2.05, 4.69) is 48.0 Å². The van der Waals surface area contributed by atoms with E-state index in [9.17, 15) is 0 Å². The lowest BCUT2D eigenvalue weighted by Crippen LogP contribution is -2.52. The molecule has 0 aliphatic carbocycles. The van der Waals surface area contributed by atoms with Crippen molar-refractivity contribution in [3.63, 3.8) is 0 Å².